The van der Waals surface area contributed by atoms with Crippen molar-refractivity contribution in [2.75, 3.05) is 20.3 Å². The van der Waals surface area contributed by atoms with Crippen LogP contribution in [0.25, 0.3) is 9.40 Å². The van der Waals surface area contributed by atoms with Crippen molar-refractivity contribution in [3.63, 3.8) is 0 Å². The molecule has 0 aliphatic heterocycles. The molecule has 0 unspecified atom stereocenters. The van der Waals surface area contributed by atoms with Crippen molar-refractivity contribution in [2.24, 2.45) is 0 Å². The van der Waals surface area contributed by atoms with Gasteiger partial charge in [0, 0.05) is 34.5 Å². The summed E-state index contributed by atoms with van der Waals surface area (Å²) in [6.07, 6.45) is 0. The lowest BCUT2D eigenvalue weighted by Crippen LogP contribution is -2.17. The Hall–Kier alpha value is -0.420. The van der Waals surface area contributed by atoms with E-state index in [-0.39, 0.29) is 0 Å². The summed E-state index contributed by atoms with van der Waals surface area (Å²) in [5.41, 5.74) is 0. The van der Waals surface area contributed by atoms with Crippen LogP contribution in [-0.4, -0.2) is 20.3 Å². The topological polar surface area (TPSA) is 21.3 Å². The average molecular weight is 227 g/mol. The smallest absolute Gasteiger partial charge is 0.0587 e. The molecule has 0 aromatic carbocycles. The fraction of sp³-hybridized carbons (Fsp3) is 0.400. The Balaban J connectivity index is 1.89. The molecule has 0 spiro atoms. The average Bonchev–Trinajstić information content (AvgIpc) is 2.72. The zero-order chi connectivity index (χ0) is 9.80. The molecule has 2 rings (SSSR count). The molecule has 0 fully saturated rings. The van der Waals surface area contributed by atoms with Crippen molar-refractivity contribution >= 4 is 32.1 Å². The number of hydrogen-bond donors (Lipinski definition) is 1. The number of nitrogens with one attached hydrogen (secondary N) is 1. The molecule has 2 aromatic rings. The van der Waals surface area contributed by atoms with Gasteiger partial charge in [-0.05, 0) is 17.5 Å². The molecule has 0 saturated heterocycles. The van der Waals surface area contributed by atoms with Gasteiger partial charge >= 0.3 is 0 Å². The molecule has 0 radical (unpaired) electrons. The van der Waals surface area contributed by atoms with Gasteiger partial charge in [0.15, 0.2) is 0 Å². The van der Waals surface area contributed by atoms with Gasteiger partial charge in [0.05, 0.1) is 6.61 Å². The second-order valence-electron chi connectivity index (χ2n) is 3.03. The summed E-state index contributed by atoms with van der Waals surface area (Å²) in [7, 11) is 1.72. The van der Waals surface area contributed by atoms with E-state index < -0.39 is 0 Å². The standard InChI is InChI=1S/C10H13NOS2/c1-12-4-3-11-7-8-6-10-9(14-8)2-5-13-10/h2,5-6,11H,3-4,7H2,1H3. The first-order chi connectivity index (χ1) is 6.90. The lowest BCUT2D eigenvalue weighted by Gasteiger charge is -2.00. The zero-order valence-corrected chi connectivity index (χ0v) is 9.71. The molecule has 14 heavy (non-hydrogen) atoms. The predicted octanol–water partition coefficient (Wildman–Crippen LogP) is 2.70. The molecule has 76 valence electrons. The van der Waals surface area contributed by atoms with Crippen LogP contribution in [0.5, 0.6) is 0 Å². The number of hydrogen-bond acceptors (Lipinski definition) is 4. The Morgan fingerprint density at radius 2 is 2.36 bits per heavy atom. The Morgan fingerprint density at radius 1 is 1.43 bits per heavy atom. The van der Waals surface area contributed by atoms with Gasteiger partial charge in [-0.3, -0.25) is 0 Å². The first-order valence-electron chi connectivity index (χ1n) is 4.56. The van der Waals surface area contributed by atoms with Gasteiger partial charge in [0.2, 0.25) is 0 Å². The summed E-state index contributed by atoms with van der Waals surface area (Å²) in [5, 5.41) is 5.49. The van der Waals surface area contributed by atoms with Crippen LogP contribution in [0.3, 0.4) is 0 Å². The van der Waals surface area contributed by atoms with E-state index in [1.54, 1.807) is 7.11 Å². The van der Waals surface area contributed by atoms with Crippen LogP contribution in [0.2, 0.25) is 0 Å². The number of thiophene rings is 2. The minimum Gasteiger partial charge on any atom is -0.383 e. The van der Waals surface area contributed by atoms with Crippen molar-refractivity contribution in [2.45, 2.75) is 6.54 Å². The first kappa shape index (κ1) is 10.1. The van der Waals surface area contributed by atoms with Gasteiger partial charge in [-0.25, -0.2) is 0 Å². The quantitative estimate of drug-likeness (QED) is 0.793. The van der Waals surface area contributed by atoms with E-state index in [1.807, 2.05) is 22.7 Å². The molecule has 1 N–H and O–H groups in total. The Morgan fingerprint density at radius 3 is 3.14 bits per heavy atom. The third-order valence-electron chi connectivity index (χ3n) is 1.97. The van der Waals surface area contributed by atoms with Gasteiger partial charge in [0.1, 0.15) is 0 Å². The zero-order valence-electron chi connectivity index (χ0n) is 8.08. The van der Waals surface area contributed by atoms with Crippen LogP contribution in [0.4, 0.5) is 0 Å². The molecule has 4 heteroatoms. The van der Waals surface area contributed by atoms with Gasteiger partial charge in [0.25, 0.3) is 0 Å². The second-order valence-corrected chi connectivity index (χ2v) is 5.15. The molecule has 2 aromatic heterocycles. The van der Waals surface area contributed by atoms with Crippen LogP contribution < -0.4 is 5.32 Å². The summed E-state index contributed by atoms with van der Waals surface area (Å²) in [6.45, 7) is 2.65. The maximum absolute atomic E-state index is 4.97. The van der Waals surface area contributed by atoms with Crippen molar-refractivity contribution in [3.05, 3.63) is 22.4 Å². The minimum atomic E-state index is 0.778. The van der Waals surface area contributed by atoms with Crippen molar-refractivity contribution in [1.82, 2.24) is 5.32 Å². The molecule has 0 amide bonds. The van der Waals surface area contributed by atoms with Crippen molar-refractivity contribution in [1.29, 1.82) is 0 Å². The predicted molar refractivity (Wildman–Crippen MR) is 63.3 cm³/mol. The van der Waals surface area contributed by atoms with E-state index in [2.05, 4.69) is 22.8 Å². The van der Waals surface area contributed by atoms with Gasteiger partial charge in [-0.1, -0.05) is 0 Å². The van der Waals surface area contributed by atoms with Crippen molar-refractivity contribution in [3.8, 4) is 0 Å². The van der Waals surface area contributed by atoms with E-state index in [0.717, 1.165) is 19.7 Å². The summed E-state index contributed by atoms with van der Waals surface area (Å²) >= 11 is 3.68. The molecule has 2 nitrogen and oxygen atoms in total. The highest BCUT2D eigenvalue weighted by molar-refractivity contribution is 7.26. The Labute approximate surface area is 91.5 Å². The molecule has 0 aliphatic carbocycles. The number of methoxy groups -OCH3 is 1. The third kappa shape index (κ3) is 2.33. The van der Waals surface area contributed by atoms with E-state index in [1.165, 1.54) is 14.3 Å². The maximum Gasteiger partial charge on any atom is 0.0587 e. The molecule has 0 saturated carbocycles. The lowest BCUT2D eigenvalue weighted by atomic mass is 10.4. The van der Waals surface area contributed by atoms with E-state index >= 15 is 0 Å². The normalized spacial score (nSPS) is 11.2. The van der Waals surface area contributed by atoms with Gasteiger partial charge in [-0.2, -0.15) is 0 Å². The highest BCUT2D eigenvalue weighted by Gasteiger charge is 2.01. The SMILES string of the molecule is COCCNCc1cc2sccc2s1. The summed E-state index contributed by atoms with van der Waals surface area (Å²) < 4.78 is 7.77. The lowest BCUT2D eigenvalue weighted by molar-refractivity contribution is 0.199. The van der Waals surface area contributed by atoms with Crippen LogP contribution in [-0.2, 0) is 11.3 Å². The van der Waals surface area contributed by atoms with E-state index in [0.29, 0.717) is 0 Å². The Bertz CT molecular complexity index is 365. The molecular formula is C10H13NOS2. The summed E-state index contributed by atoms with van der Waals surface area (Å²) in [4.78, 5) is 1.41. The molecular weight excluding hydrogens is 214 g/mol. The van der Waals surface area contributed by atoms with E-state index in [4.69, 9.17) is 4.74 Å². The fourth-order valence-electron chi connectivity index (χ4n) is 1.29. The highest BCUT2D eigenvalue weighted by Crippen LogP contribution is 2.29. The molecule has 0 aliphatic rings. The maximum atomic E-state index is 4.97. The van der Waals surface area contributed by atoms with E-state index in [9.17, 15) is 0 Å². The number of fused-ring (bicyclic) bond motifs is 1. The summed E-state index contributed by atoms with van der Waals surface area (Å²) in [6, 6.07) is 4.45. The van der Waals surface area contributed by atoms with Crippen LogP contribution >= 0.6 is 22.7 Å². The monoisotopic (exact) mass is 227 g/mol. The number of ether oxygens (including phenoxy) is 1. The minimum absolute atomic E-state index is 0.778. The Kier molecular flexibility index (Phi) is 3.53. The van der Waals surface area contributed by atoms with Crippen LogP contribution in [0.1, 0.15) is 4.88 Å². The fourth-order valence-corrected chi connectivity index (χ4v) is 3.39. The molecule has 0 bridgehead atoms. The van der Waals surface area contributed by atoms with Gasteiger partial charge in [-0.15, -0.1) is 22.7 Å². The van der Waals surface area contributed by atoms with Crippen LogP contribution in [0.15, 0.2) is 17.5 Å². The number of rotatable bonds is 5. The third-order valence-corrected chi connectivity index (χ3v) is 4.07. The molecule has 2 heterocycles. The highest BCUT2D eigenvalue weighted by atomic mass is 32.1. The second kappa shape index (κ2) is 4.89. The largest absolute Gasteiger partial charge is 0.383 e. The van der Waals surface area contributed by atoms with Crippen molar-refractivity contribution < 1.29 is 4.74 Å². The van der Waals surface area contributed by atoms with Gasteiger partial charge < -0.3 is 10.1 Å². The molecule has 0 atom stereocenters. The van der Waals surface area contributed by atoms with Crippen LogP contribution in [0, 0.1) is 0 Å². The first-order valence-corrected chi connectivity index (χ1v) is 6.25. The summed E-state index contributed by atoms with van der Waals surface area (Å²) in [5.74, 6) is 0.